The fourth-order valence-corrected chi connectivity index (χ4v) is 2.76. The number of aliphatic hydroxyl groups is 1. The van der Waals surface area contributed by atoms with Crippen molar-refractivity contribution < 1.29 is 48.3 Å². The standard InChI is InChI=1S/C17H31NO5.Li/c1-2-3-4-5-6-7-12-18(15-19,13-8-10-16(20)21)14-9-11-17(22)23;/h2,19H,1,3-15H2,(H-,20,21,22,23);/q;+1. The quantitative estimate of drug-likeness (QED) is 0.115. The summed E-state index contributed by atoms with van der Waals surface area (Å²) < 4.78 is 0.377. The van der Waals surface area contributed by atoms with Gasteiger partial charge in [-0.25, -0.2) is 0 Å². The van der Waals surface area contributed by atoms with Crippen LogP contribution in [0, 0.1) is 0 Å². The maximum atomic E-state index is 10.7. The van der Waals surface area contributed by atoms with E-state index in [0.29, 0.717) is 30.4 Å². The Kier molecular flexibility index (Phi) is 16.7. The van der Waals surface area contributed by atoms with E-state index in [-0.39, 0.29) is 38.4 Å². The normalized spacial score (nSPS) is 12.9. The average molecular weight is 336 g/mol. The molecule has 0 aromatic heterocycles. The van der Waals surface area contributed by atoms with E-state index in [2.05, 4.69) is 6.58 Å². The minimum absolute atomic E-state index is 0. The first-order valence-corrected chi connectivity index (χ1v) is 8.44. The summed E-state index contributed by atoms with van der Waals surface area (Å²) in [7, 11) is 0. The van der Waals surface area contributed by atoms with Crippen LogP contribution in [0.15, 0.2) is 12.7 Å². The summed E-state index contributed by atoms with van der Waals surface area (Å²) >= 11 is 0. The Morgan fingerprint density at radius 1 is 0.958 bits per heavy atom. The van der Waals surface area contributed by atoms with Gasteiger partial charge in [0.1, 0.15) is 0 Å². The Morgan fingerprint density at radius 2 is 1.50 bits per heavy atom. The molecular weight excluding hydrogens is 305 g/mol. The molecule has 134 valence electrons. The van der Waals surface area contributed by atoms with Crippen LogP contribution < -0.4 is 24.0 Å². The smallest absolute Gasteiger partial charge is 0.550 e. The molecule has 0 saturated heterocycles. The van der Waals surface area contributed by atoms with Gasteiger partial charge in [-0.3, -0.25) is 4.79 Å². The largest absolute Gasteiger partial charge is 1.00 e. The van der Waals surface area contributed by atoms with Crippen molar-refractivity contribution in [3.05, 3.63) is 12.7 Å². The molecule has 0 amide bonds. The van der Waals surface area contributed by atoms with E-state index in [9.17, 15) is 19.8 Å². The molecule has 0 fully saturated rings. The molecule has 0 heterocycles. The third kappa shape index (κ3) is 13.6. The molecule has 0 aliphatic heterocycles. The van der Waals surface area contributed by atoms with Crippen molar-refractivity contribution >= 4 is 11.9 Å². The fourth-order valence-electron chi connectivity index (χ4n) is 2.76. The summed E-state index contributed by atoms with van der Waals surface area (Å²) in [6.45, 7) is 5.45. The van der Waals surface area contributed by atoms with E-state index in [1.807, 2.05) is 6.08 Å². The summed E-state index contributed by atoms with van der Waals surface area (Å²) in [6, 6.07) is 0. The van der Waals surface area contributed by atoms with Crippen molar-refractivity contribution in [2.75, 3.05) is 26.4 Å². The number of carbonyl (C=O) groups is 2. The van der Waals surface area contributed by atoms with Crippen molar-refractivity contribution in [2.45, 2.75) is 57.8 Å². The number of carboxylic acids is 2. The van der Waals surface area contributed by atoms with E-state index in [1.165, 1.54) is 0 Å². The first-order chi connectivity index (χ1) is 11.0. The summed E-state index contributed by atoms with van der Waals surface area (Å²) in [6.07, 6.45) is 8.06. The molecule has 0 bridgehead atoms. The first-order valence-electron chi connectivity index (χ1n) is 8.44. The third-order valence-electron chi connectivity index (χ3n) is 4.13. The molecule has 0 aliphatic carbocycles. The predicted octanol–water partition coefficient (Wildman–Crippen LogP) is -1.71. The molecule has 0 rings (SSSR count). The van der Waals surface area contributed by atoms with Gasteiger partial charge in [0, 0.05) is 18.8 Å². The Morgan fingerprint density at radius 3 is 2.00 bits per heavy atom. The van der Waals surface area contributed by atoms with E-state index >= 15 is 0 Å². The second-order valence-electron chi connectivity index (χ2n) is 6.12. The number of quaternary nitrogens is 1. The molecular formula is C17H31LiNO5+. The van der Waals surface area contributed by atoms with Crippen molar-refractivity contribution in [3.63, 3.8) is 0 Å². The van der Waals surface area contributed by atoms with Crippen LogP contribution >= 0.6 is 0 Å². The zero-order chi connectivity index (χ0) is 17.6. The number of carbonyl (C=O) groups excluding carboxylic acids is 1. The van der Waals surface area contributed by atoms with Crippen LogP contribution in [0.2, 0.25) is 0 Å². The second kappa shape index (κ2) is 15.7. The molecule has 1 unspecified atom stereocenters. The van der Waals surface area contributed by atoms with Gasteiger partial charge in [0.15, 0.2) is 6.73 Å². The van der Waals surface area contributed by atoms with Crippen molar-refractivity contribution in [1.29, 1.82) is 0 Å². The third-order valence-corrected chi connectivity index (χ3v) is 4.13. The van der Waals surface area contributed by atoms with Crippen LogP contribution in [0.4, 0.5) is 0 Å². The number of aliphatic hydroxyl groups excluding tert-OH is 1. The molecule has 0 spiro atoms. The average Bonchev–Trinajstić information content (AvgIpc) is 2.49. The molecule has 0 aromatic carbocycles. The van der Waals surface area contributed by atoms with Gasteiger partial charge in [0.2, 0.25) is 0 Å². The molecule has 0 saturated carbocycles. The number of aliphatic carboxylic acids is 2. The SMILES string of the molecule is C=CCCCCCC[N+](CO)(CCCC(=O)[O-])CCCC(=O)O.[Li+]. The van der Waals surface area contributed by atoms with E-state index in [0.717, 1.165) is 38.6 Å². The molecule has 0 radical (unpaired) electrons. The maximum absolute atomic E-state index is 10.7. The van der Waals surface area contributed by atoms with E-state index < -0.39 is 11.9 Å². The van der Waals surface area contributed by atoms with Crippen molar-refractivity contribution in [2.24, 2.45) is 0 Å². The van der Waals surface area contributed by atoms with Gasteiger partial charge in [-0.2, -0.15) is 0 Å². The summed E-state index contributed by atoms with van der Waals surface area (Å²) in [5.41, 5.74) is 0. The number of allylic oxidation sites excluding steroid dienone is 1. The van der Waals surface area contributed by atoms with Crippen LogP contribution in [-0.4, -0.2) is 53.0 Å². The van der Waals surface area contributed by atoms with Gasteiger partial charge in [0.05, 0.1) is 26.1 Å². The van der Waals surface area contributed by atoms with Gasteiger partial charge in [-0.05, 0) is 32.1 Å². The molecule has 6 nitrogen and oxygen atoms in total. The van der Waals surface area contributed by atoms with E-state index in [4.69, 9.17) is 5.11 Å². The van der Waals surface area contributed by atoms with Crippen molar-refractivity contribution in [3.8, 4) is 0 Å². The fraction of sp³-hybridized carbons (Fsp3) is 0.765. The van der Waals surface area contributed by atoms with Crippen LogP contribution in [0.1, 0.15) is 57.8 Å². The number of unbranched alkanes of at least 4 members (excludes halogenated alkanes) is 4. The number of hydrogen-bond acceptors (Lipinski definition) is 4. The summed E-state index contributed by atoms with van der Waals surface area (Å²) in [5.74, 6) is -1.93. The second-order valence-corrected chi connectivity index (χ2v) is 6.12. The van der Waals surface area contributed by atoms with E-state index in [1.54, 1.807) is 0 Å². The van der Waals surface area contributed by atoms with Gasteiger partial charge in [-0.15, -0.1) is 6.58 Å². The van der Waals surface area contributed by atoms with Gasteiger partial charge in [-0.1, -0.05) is 12.5 Å². The topological polar surface area (TPSA) is 97.7 Å². The Labute approximate surface area is 157 Å². The van der Waals surface area contributed by atoms with Gasteiger partial charge < -0.3 is 24.6 Å². The molecule has 2 N–H and O–H groups in total. The van der Waals surface area contributed by atoms with Crippen LogP contribution in [0.3, 0.4) is 0 Å². The van der Waals surface area contributed by atoms with Crippen molar-refractivity contribution in [1.82, 2.24) is 0 Å². The molecule has 1 atom stereocenters. The number of rotatable bonds is 16. The Bertz CT molecular complexity index is 343. The summed E-state index contributed by atoms with van der Waals surface area (Å²) in [4.78, 5) is 21.2. The zero-order valence-corrected chi connectivity index (χ0v) is 15.0. The van der Waals surface area contributed by atoms with Gasteiger partial charge >= 0.3 is 24.8 Å². The van der Waals surface area contributed by atoms with Gasteiger partial charge in [0.25, 0.3) is 0 Å². The number of carboxylic acid groups (broad SMARTS) is 2. The van der Waals surface area contributed by atoms with Crippen LogP contribution in [0.5, 0.6) is 0 Å². The Hall–Kier alpha value is -0.803. The molecule has 0 aliphatic rings. The van der Waals surface area contributed by atoms with Crippen LogP contribution in [-0.2, 0) is 9.59 Å². The number of nitrogens with zero attached hydrogens (tertiary/aromatic N) is 1. The maximum Gasteiger partial charge on any atom is 1.00 e. The Balaban J connectivity index is 0. The monoisotopic (exact) mass is 336 g/mol. The zero-order valence-electron chi connectivity index (χ0n) is 15.0. The molecule has 7 heteroatoms. The van der Waals surface area contributed by atoms with Crippen LogP contribution in [0.25, 0.3) is 0 Å². The molecule has 0 aromatic rings. The minimum atomic E-state index is -1.09. The molecule has 24 heavy (non-hydrogen) atoms. The summed E-state index contributed by atoms with van der Waals surface area (Å²) in [5, 5.41) is 29.1. The predicted molar refractivity (Wildman–Crippen MR) is 86.3 cm³/mol. The minimum Gasteiger partial charge on any atom is -0.550 e. The number of hydrogen-bond donors (Lipinski definition) is 2. The first kappa shape index (κ1) is 25.4.